The minimum absolute atomic E-state index is 0.930. The van der Waals surface area contributed by atoms with Crippen LogP contribution in [0.5, 0.6) is 0 Å². The number of anilines is 2. The molecule has 19 heavy (non-hydrogen) atoms. The van der Waals surface area contributed by atoms with Gasteiger partial charge in [0.1, 0.15) is 5.82 Å². The van der Waals surface area contributed by atoms with E-state index < -0.39 is 0 Å². The molecule has 0 spiro atoms. The number of nitrogens with one attached hydrogen (secondary N) is 1. The quantitative estimate of drug-likeness (QED) is 0.806. The molecular formula is C17H22N2. The lowest BCUT2D eigenvalue weighted by Crippen LogP contribution is -1.96. The molecule has 2 rings (SSSR count). The molecule has 2 aromatic rings. The summed E-state index contributed by atoms with van der Waals surface area (Å²) in [4.78, 5) is 4.38. The van der Waals surface area contributed by atoms with Crippen LogP contribution in [0, 0.1) is 0 Å². The standard InChI is InChI=1S/C17H22N2/c1-3-6-14-8-5-9-16(12-14)19-17-13-15(7-4-2)10-11-18-17/h5,8-13H,3-4,6-7H2,1-2H3,(H,18,19). The van der Waals surface area contributed by atoms with Crippen LogP contribution in [0.25, 0.3) is 0 Å². The summed E-state index contributed by atoms with van der Waals surface area (Å²) in [5, 5.41) is 3.39. The second-order valence-corrected chi connectivity index (χ2v) is 4.87. The Morgan fingerprint density at radius 2 is 1.68 bits per heavy atom. The maximum Gasteiger partial charge on any atom is 0.130 e. The maximum atomic E-state index is 4.38. The van der Waals surface area contributed by atoms with Crippen LogP contribution in [0.2, 0.25) is 0 Å². The largest absolute Gasteiger partial charge is 0.340 e. The second-order valence-electron chi connectivity index (χ2n) is 4.87. The van der Waals surface area contributed by atoms with Crippen LogP contribution in [-0.2, 0) is 12.8 Å². The van der Waals surface area contributed by atoms with E-state index in [1.165, 1.54) is 17.5 Å². The molecular weight excluding hydrogens is 232 g/mol. The average Bonchev–Trinajstić information content (AvgIpc) is 2.40. The van der Waals surface area contributed by atoms with Gasteiger partial charge in [0.2, 0.25) is 0 Å². The molecule has 2 heteroatoms. The van der Waals surface area contributed by atoms with Gasteiger partial charge in [0.05, 0.1) is 0 Å². The lowest BCUT2D eigenvalue weighted by Gasteiger charge is -2.08. The van der Waals surface area contributed by atoms with E-state index in [2.05, 4.69) is 60.5 Å². The van der Waals surface area contributed by atoms with Gasteiger partial charge in [-0.2, -0.15) is 0 Å². The van der Waals surface area contributed by atoms with E-state index in [4.69, 9.17) is 0 Å². The van der Waals surface area contributed by atoms with Gasteiger partial charge in [0, 0.05) is 11.9 Å². The van der Waals surface area contributed by atoms with E-state index in [-0.39, 0.29) is 0 Å². The molecule has 0 saturated heterocycles. The summed E-state index contributed by atoms with van der Waals surface area (Å²) in [7, 11) is 0. The molecule has 1 aromatic heterocycles. The van der Waals surface area contributed by atoms with E-state index in [1.807, 2.05) is 6.20 Å². The van der Waals surface area contributed by atoms with Crippen molar-refractivity contribution in [1.29, 1.82) is 0 Å². The minimum atomic E-state index is 0.930. The third-order valence-electron chi connectivity index (χ3n) is 3.10. The molecule has 0 radical (unpaired) electrons. The van der Waals surface area contributed by atoms with E-state index in [1.54, 1.807) is 0 Å². The fraction of sp³-hybridized carbons (Fsp3) is 0.353. The van der Waals surface area contributed by atoms with Crippen molar-refractivity contribution in [1.82, 2.24) is 4.98 Å². The van der Waals surface area contributed by atoms with Crippen LogP contribution >= 0.6 is 0 Å². The third kappa shape index (κ3) is 4.09. The zero-order valence-electron chi connectivity index (χ0n) is 11.8. The minimum Gasteiger partial charge on any atom is -0.340 e. The summed E-state index contributed by atoms with van der Waals surface area (Å²) in [6, 6.07) is 12.8. The highest BCUT2D eigenvalue weighted by molar-refractivity contribution is 5.57. The molecule has 0 amide bonds. The highest BCUT2D eigenvalue weighted by Gasteiger charge is 1.99. The Balaban J connectivity index is 2.11. The van der Waals surface area contributed by atoms with Gasteiger partial charge in [-0.05, 0) is 48.2 Å². The summed E-state index contributed by atoms with van der Waals surface area (Å²) < 4.78 is 0. The van der Waals surface area contributed by atoms with Crippen LogP contribution in [-0.4, -0.2) is 4.98 Å². The molecule has 0 bridgehead atoms. The van der Waals surface area contributed by atoms with Crippen LogP contribution in [0.4, 0.5) is 11.5 Å². The summed E-state index contributed by atoms with van der Waals surface area (Å²) in [5.74, 6) is 0.930. The number of pyridine rings is 1. The Labute approximate surface area is 115 Å². The highest BCUT2D eigenvalue weighted by atomic mass is 15.0. The Morgan fingerprint density at radius 3 is 2.42 bits per heavy atom. The highest BCUT2D eigenvalue weighted by Crippen LogP contribution is 2.18. The molecule has 2 nitrogen and oxygen atoms in total. The fourth-order valence-corrected chi connectivity index (χ4v) is 2.23. The van der Waals surface area contributed by atoms with Crippen molar-refractivity contribution in [3.63, 3.8) is 0 Å². The van der Waals surface area contributed by atoms with Crippen LogP contribution in [0.3, 0.4) is 0 Å². The topological polar surface area (TPSA) is 24.9 Å². The fourth-order valence-electron chi connectivity index (χ4n) is 2.23. The molecule has 1 heterocycles. The van der Waals surface area contributed by atoms with Crippen molar-refractivity contribution < 1.29 is 0 Å². The normalized spacial score (nSPS) is 10.4. The first-order valence-electron chi connectivity index (χ1n) is 7.12. The number of rotatable bonds is 6. The van der Waals surface area contributed by atoms with E-state index in [0.29, 0.717) is 0 Å². The monoisotopic (exact) mass is 254 g/mol. The number of benzene rings is 1. The first-order chi connectivity index (χ1) is 9.31. The summed E-state index contributed by atoms with van der Waals surface area (Å²) in [5.41, 5.74) is 3.83. The number of nitrogens with zero attached hydrogens (tertiary/aromatic N) is 1. The van der Waals surface area contributed by atoms with E-state index in [0.717, 1.165) is 30.8 Å². The van der Waals surface area contributed by atoms with Crippen molar-refractivity contribution in [3.05, 3.63) is 53.7 Å². The molecule has 0 aliphatic carbocycles. The van der Waals surface area contributed by atoms with Crippen LogP contribution in [0.1, 0.15) is 37.8 Å². The van der Waals surface area contributed by atoms with Crippen molar-refractivity contribution >= 4 is 11.5 Å². The predicted octanol–water partition coefficient (Wildman–Crippen LogP) is 4.73. The molecule has 0 aliphatic heterocycles. The summed E-state index contributed by atoms with van der Waals surface area (Å²) in [6.07, 6.45) is 6.44. The van der Waals surface area contributed by atoms with Gasteiger partial charge in [-0.15, -0.1) is 0 Å². The Morgan fingerprint density at radius 1 is 0.947 bits per heavy atom. The van der Waals surface area contributed by atoms with Gasteiger partial charge in [-0.1, -0.05) is 38.8 Å². The van der Waals surface area contributed by atoms with E-state index >= 15 is 0 Å². The van der Waals surface area contributed by atoms with Gasteiger partial charge in [-0.25, -0.2) is 4.98 Å². The molecule has 0 atom stereocenters. The molecule has 1 N–H and O–H groups in total. The summed E-state index contributed by atoms with van der Waals surface area (Å²) in [6.45, 7) is 4.40. The number of hydrogen-bond donors (Lipinski definition) is 1. The summed E-state index contributed by atoms with van der Waals surface area (Å²) >= 11 is 0. The molecule has 0 fully saturated rings. The SMILES string of the molecule is CCCc1cccc(Nc2cc(CCC)ccn2)c1. The lowest BCUT2D eigenvalue weighted by atomic mass is 10.1. The van der Waals surface area contributed by atoms with Crippen molar-refractivity contribution in [2.45, 2.75) is 39.5 Å². The first kappa shape index (κ1) is 13.6. The van der Waals surface area contributed by atoms with Gasteiger partial charge >= 0.3 is 0 Å². The number of aromatic nitrogens is 1. The van der Waals surface area contributed by atoms with Gasteiger partial charge in [-0.3, -0.25) is 0 Å². The Hall–Kier alpha value is -1.83. The van der Waals surface area contributed by atoms with Gasteiger partial charge in [0.15, 0.2) is 0 Å². The predicted molar refractivity (Wildman–Crippen MR) is 82.0 cm³/mol. The zero-order valence-corrected chi connectivity index (χ0v) is 11.8. The smallest absolute Gasteiger partial charge is 0.130 e. The van der Waals surface area contributed by atoms with Crippen LogP contribution < -0.4 is 5.32 Å². The second kappa shape index (κ2) is 6.93. The molecule has 0 aliphatic rings. The molecule has 1 aromatic carbocycles. The molecule has 0 saturated carbocycles. The van der Waals surface area contributed by atoms with Gasteiger partial charge < -0.3 is 5.32 Å². The van der Waals surface area contributed by atoms with Crippen LogP contribution in [0.15, 0.2) is 42.6 Å². The van der Waals surface area contributed by atoms with E-state index in [9.17, 15) is 0 Å². The van der Waals surface area contributed by atoms with Gasteiger partial charge in [0.25, 0.3) is 0 Å². The Bertz CT molecular complexity index is 473. The molecule has 100 valence electrons. The maximum absolute atomic E-state index is 4.38. The average molecular weight is 254 g/mol. The molecule has 0 unspecified atom stereocenters. The number of hydrogen-bond acceptors (Lipinski definition) is 2. The first-order valence-corrected chi connectivity index (χ1v) is 7.12. The van der Waals surface area contributed by atoms with Crippen molar-refractivity contribution in [2.24, 2.45) is 0 Å². The van der Waals surface area contributed by atoms with Crippen molar-refractivity contribution in [2.75, 3.05) is 5.32 Å². The number of aryl methyl sites for hydroxylation is 2. The Kier molecular flexibility index (Phi) is 4.96. The van der Waals surface area contributed by atoms with Crippen molar-refractivity contribution in [3.8, 4) is 0 Å². The zero-order chi connectivity index (χ0) is 13.5. The third-order valence-corrected chi connectivity index (χ3v) is 3.10. The lowest BCUT2D eigenvalue weighted by molar-refractivity contribution is 0.918.